The van der Waals surface area contributed by atoms with E-state index in [-0.39, 0.29) is 0 Å². The Morgan fingerprint density at radius 3 is 2.79 bits per heavy atom. The Kier molecular flexibility index (Phi) is 1.77. The summed E-state index contributed by atoms with van der Waals surface area (Å²) in [6, 6.07) is 3.82. The van der Waals surface area contributed by atoms with Crippen LogP contribution in [0.4, 0.5) is 13.2 Å². The van der Waals surface area contributed by atoms with Crippen LogP contribution in [0, 0.1) is 6.07 Å². The summed E-state index contributed by atoms with van der Waals surface area (Å²) in [5.41, 5.74) is -0.396. The van der Waals surface area contributed by atoms with Gasteiger partial charge in [-0.15, -0.1) is 0 Å². The molecule has 2 heterocycles. The van der Waals surface area contributed by atoms with E-state index in [9.17, 15) is 13.2 Å². The zero-order valence-corrected chi connectivity index (χ0v) is 7.26. The summed E-state index contributed by atoms with van der Waals surface area (Å²) in [5, 5.41) is 0.584. The van der Waals surface area contributed by atoms with Crippen molar-refractivity contribution in [3.63, 3.8) is 0 Å². The molecule has 0 aliphatic rings. The van der Waals surface area contributed by atoms with E-state index in [4.69, 9.17) is 0 Å². The van der Waals surface area contributed by atoms with Crippen molar-refractivity contribution in [1.29, 1.82) is 0 Å². The summed E-state index contributed by atoms with van der Waals surface area (Å²) in [6.45, 7) is 0. The normalized spacial score (nSPS) is 12.3. The van der Waals surface area contributed by atoms with Crippen LogP contribution in [0.2, 0.25) is 0 Å². The highest BCUT2D eigenvalue weighted by atomic mass is 19.4. The van der Waals surface area contributed by atoms with E-state index in [0.29, 0.717) is 10.9 Å². The maximum Gasteiger partial charge on any atom is 0.433 e. The maximum atomic E-state index is 12.3. The molecule has 0 spiro atoms. The van der Waals surface area contributed by atoms with Gasteiger partial charge in [0.15, 0.2) is 0 Å². The summed E-state index contributed by atoms with van der Waals surface area (Å²) >= 11 is 0. The van der Waals surface area contributed by atoms with Crippen molar-refractivity contribution in [2.45, 2.75) is 6.18 Å². The first kappa shape index (κ1) is 9.05. The van der Waals surface area contributed by atoms with Crippen molar-refractivity contribution in [2.24, 2.45) is 7.05 Å². The number of fused-ring (bicyclic) bond motifs is 1. The lowest BCUT2D eigenvalue weighted by atomic mass is 10.3. The van der Waals surface area contributed by atoms with Gasteiger partial charge in [0.1, 0.15) is 5.69 Å². The second-order valence-corrected chi connectivity index (χ2v) is 2.97. The van der Waals surface area contributed by atoms with Gasteiger partial charge in [-0.05, 0) is 6.07 Å². The number of nitrogens with zero attached hydrogens (tertiary/aromatic N) is 2. The molecule has 5 heteroatoms. The SMILES string of the molecule is Cn1c[c]c2cnc(C(F)(F)F)cc21. The van der Waals surface area contributed by atoms with Crippen LogP contribution in [0.1, 0.15) is 5.69 Å². The molecule has 0 N–H and O–H groups in total. The number of aryl methyl sites for hydroxylation is 1. The standard InChI is InChI=1S/C9H6F3N2/c1-14-3-2-6-5-13-8(4-7(6)14)9(10,11)12/h3-5H,1H3. The van der Waals surface area contributed by atoms with Gasteiger partial charge >= 0.3 is 6.18 Å². The number of alkyl halides is 3. The fourth-order valence-electron chi connectivity index (χ4n) is 1.24. The minimum atomic E-state index is -4.39. The first-order valence-electron chi connectivity index (χ1n) is 3.88. The van der Waals surface area contributed by atoms with E-state index in [0.717, 1.165) is 6.07 Å². The molecule has 0 fully saturated rings. The van der Waals surface area contributed by atoms with Crippen LogP contribution in [0.3, 0.4) is 0 Å². The molecule has 0 aliphatic carbocycles. The fraction of sp³-hybridized carbons (Fsp3) is 0.222. The quantitative estimate of drug-likeness (QED) is 0.637. The second-order valence-electron chi connectivity index (χ2n) is 2.97. The molecule has 0 bridgehead atoms. The third kappa shape index (κ3) is 1.34. The Balaban J connectivity index is 2.66. The molecule has 73 valence electrons. The highest BCUT2D eigenvalue weighted by Gasteiger charge is 2.32. The molecule has 0 amide bonds. The van der Waals surface area contributed by atoms with Crippen LogP contribution < -0.4 is 0 Å². The van der Waals surface area contributed by atoms with Crippen LogP contribution in [0.15, 0.2) is 18.5 Å². The third-order valence-electron chi connectivity index (χ3n) is 1.97. The van der Waals surface area contributed by atoms with Crippen LogP contribution in [-0.2, 0) is 13.2 Å². The lowest BCUT2D eigenvalue weighted by Gasteiger charge is -2.05. The second kappa shape index (κ2) is 2.73. The molecule has 2 nitrogen and oxygen atoms in total. The van der Waals surface area contributed by atoms with Gasteiger partial charge in [0.05, 0.1) is 5.52 Å². The molecule has 0 saturated carbocycles. The first-order chi connectivity index (χ1) is 6.48. The Morgan fingerprint density at radius 2 is 2.14 bits per heavy atom. The molecule has 14 heavy (non-hydrogen) atoms. The zero-order chi connectivity index (χ0) is 10.3. The van der Waals surface area contributed by atoms with Crippen molar-refractivity contribution >= 4 is 10.9 Å². The van der Waals surface area contributed by atoms with Crippen LogP contribution in [0.25, 0.3) is 10.9 Å². The van der Waals surface area contributed by atoms with E-state index in [1.807, 2.05) is 0 Å². The molecule has 0 aliphatic heterocycles. The molecule has 2 aromatic rings. The average molecular weight is 199 g/mol. The van der Waals surface area contributed by atoms with Gasteiger partial charge in [-0.25, -0.2) is 0 Å². The van der Waals surface area contributed by atoms with Gasteiger partial charge in [-0.3, -0.25) is 4.98 Å². The smallest absolute Gasteiger partial charge is 0.350 e. The fourth-order valence-corrected chi connectivity index (χ4v) is 1.24. The van der Waals surface area contributed by atoms with Crippen LogP contribution in [-0.4, -0.2) is 9.55 Å². The Labute approximate surface area is 78.0 Å². The minimum absolute atomic E-state index is 0.479. The van der Waals surface area contributed by atoms with Crippen molar-refractivity contribution in [2.75, 3.05) is 0 Å². The van der Waals surface area contributed by atoms with E-state index in [2.05, 4.69) is 11.1 Å². The van der Waals surface area contributed by atoms with Crippen LogP contribution >= 0.6 is 0 Å². The molecule has 2 rings (SSSR count). The van der Waals surface area contributed by atoms with Gasteiger partial charge in [-0.2, -0.15) is 13.2 Å². The number of rotatable bonds is 0. The number of hydrogen-bond acceptors (Lipinski definition) is 1. The zero-order valence-electron chi connectivity index (χ0n) is 7.26. The topological polar surface area (TPSA) is 17.8 Å². The summed E-state index contributed by atoms with van der Waals surface area (Å²) in [5.74, 6) is 0. The third-order valence-corrected chi connectivity index (χ3v) is 1.97. The number of aromatic nitrogens is 2. The van der Waals surface area contributed by atoms with Crippen LogP contribution in [0.5, 0.6) is 0 Å². The van der Waals surface area contributed by atoms with E-state index in [1.165, 1.54) is 6.20 Å². The highest BCUT2D eigenvalue weighted by Crippen LogP contribution is 2.29. The largest absolute Gasteiger partial charge is 0.433 e. The summed E-state index contributed by atoms with van der Waals surface area (Å²) in [6.07, 6.45) is -1.64. The number of hydrogen-bond donors (Lipinski definition) is 0. The molecule has 0 aromatic carbocycles. The van der Waals surface area contributed by atoms with Crippen molar-refractivity contribution in [3.05, 3.63) is 30.2 Å². The molecular formula is C9H6F3N2. The monoisotopic (exact) mass is 199 g/mol. The Hall–Kier alpha value is -1.52. The van der Waals surface area contributed by atoms with E-state index < -0.39 is 11.9 Å². The maximum absolute atomic E-state index is 12.3. The van der Waals surface area contributed by atoms with Crippen molar-refractivity contribution in [3.8, 4) is 0 Å². The van der Waals surface area contributed by atoms with Gasteiger partial charge in [-0.1, -0.05) is 0 Å². The van der Waals surface area contributed by atoms with E-state index in [1.54, 1.807) is 17.8 Å². The highest BCUT2D eigenvalue weighted by molar-refractivity contribution is 5.78. The molecule has 0 saturated heterocycles. The number of halogens is 3. The van der Waals surface area contributed by atoms with Crippen molar-refractivity contribution in [1.82, 2.24) is 9.55 Å². The minimum Gasteiger partial charge on any atom is -0.350 e. The number of pyridine rings is 1. The molecule has 0 atom stereocenters. The summed E-state index contributed by atoms with van der Waals surface area (Å²) in [4.78, 5) is 3.32. The lowest BCUT2D eigenvalue weighted by molar-refractivity contribution is -0.141. The van der Waals surface area contributed by atoms with Gasteiger partial charge in [0.25, 0.3) is 0 Å². The molecule has 2 aromatic heterocycles. The summed E-state index contributed by atoms with van der Waals surface area (Å²) in [7, 11) is 1.67. The Morgan fingerprint density at radius 1 is 1.43 bits per heavy atom. The molecule has 1 radical (unpaired) electrons. The van der Waals surface area contributed by atoms with Gasteiger partial charge in [0, 0.05) is 30.9 Å². The van der Waals surface area contributed by atoms with Crippen molar-refractivity contribution < 1.29 is 13.2 Å². The average Bonchev–Trinajstić information content (AvgIpc) is 2.46. The summed E-state index contributed by atoms with van der Waals surface area (Å²) < 4.78 is 38.4. The first-order valence-corrected chi connectivity index (χ1v) is 3.88. The lowest BCUT2D eigenvalue weighted by Crippen LogP contribution is -2.07. The predicted molar refractivity (Wildman–Crippen MR) is 44.6 cm³/mol. The Bertz CT molecular complexity index is 470. The van der Waals surface area contributed by atoms with Gasteiger partial charge < -0.3 is 4.57 Å². The predicted octanol–water partition coefficient (Wildman–Crippen LogP) is 2.39. The van der Waals surface area contributed by atoms with E-state index >= 15 is 0 Å². The molecule has 0 unspecified atom stereocenters. The molecular weight excluding hydrogens is 193 g/mol. The van der Waals surface area contributed by atoms with Gasteiger partial charge in [0.2, 0.25) is 0 Å².